The Bertz CT molecular complexity index is 1230. The molecule has 1 atom stereocenters. The summed E-state index contributed by atoms with van der Waals surface area (Å²) in [6.45, 7) is 5.65. The summed E-state index contributed by atoms with van der Waals surface area (Å²) in [5, 5.41) is 8.77. The van der Waals surface area contributed by atoms with Crippen LogP contribution in [0.4, 0.5) is 10.8 Å². The Hall–Kier alpha value is -3.19. The summed E-state index contributed by atoms with van der Waals surface area (Å²) in [4.78, 5) is 20.1. The van der Waals surface area contributed by atoms with Crippen molar-refractivity contribution in [2.45, 2.75) is 26.7 Å². The molecule has 1 aliphatic rings. The van der Waals surface area contributed by atoms with E-state index in [1.807, 2.05) is 73.1 Å². The summed E-state index contributed by atoms with van der Waals surface area (Å²) in [6.07, 6.45) is 1.88. The Morgan fingerprint density at radius 2 is 1.87 bits per heavy atom. The van der Waals surface area contributed by atoms with Crippen molar-refractivity contribution in [2.75, 3.05) is 23.3 Å². The molecule has 1 aliphatic heterocycles. The molecule has 1 amide bonds. The number of amides is 1. The fraction of sp³-hybridized carbons (Fsp3) is 0.292. The van der Waals surface area contributed by atoms with Crippen LogP contribution < -0.4 is 10.2 Å². The number of hydrogen-bond donors (Lipinski definition) is 1. The topological polar surface area (TPSA) is 63.1 Å². The van der Waals surface area contributed by atoms with Crippen LogP contribution in [0.1, 0.15) is 24.1 Å². The molecule has 1 N–H and O–H groups in total. The van der Waals surface area contributed by atoms with Crippen LogP contribution in [0.25, 0.3) is 16.0 Å². The van der Waals surface area contributed by atoms with Crippen molar-refractivity contribution >= 4 is 38.4 Å². The van der Waals surface area contributed by atoms with Gasteiger partial charge in [0, 0.05) is 18.8 Å². The highest BCUT2D eigenvalue weighted by atomic mass is 32.1. The first-order valence-electron chi connectivity index (χ1n) is 10.6. The molecule has 31 heavy (non-hydrogen) atoms. The van der Waals surface area contributed by atoms with Gasteiger partial charge in [-0.15, -0.1) is 0 Å². The number of carbonyl (C=O) groups is 1. The summed E-state index contributed by atoms with van der Waals surface area (Å²) < 4.78 is 3.02. The third-order valence-electron chi connectivity index (χ3n) is 5.84. The van der Waals surface area contributed by atoms with E-state index in [1.54, 1.807) is 11.3 Å². The van der Waals surface area contributed by atoms with Crippen LogP contribution in [0.2, 0.25) is 0 Å². The number of thiazole rings is 1. The van der Waals surface area contributed by atoms with Crippen LogP contribution in [0, 0.1) is 19.8 Å². The molecule has 4 aromatic rings. The van der Waals surface area contributed by atoms with E-state index in [-0.39, 0.29) is 11.8 Å². The zero-order valence-electron chi connectivity index (χ0n) is 17.7. The summed E-state index contributed by atoms with van der Waals surface area (Å²) in [7, 11) is 0. The maximum Gasteiger partial charge on any atom is 0.229 e. The third-order valence-corrected chi connectivity index (χ3v) is 7.06. The first-order chi connectivity index (χ1) is 15.1. The van der Waals surface area contributed by atoms with E-state index in [0.29, 0.717) is 6.54 Å². The fourth-order valence-corrected chi connectivity index (χ4v) is 5.14. The number of anilines is 2. The average Bonchev–Trinajstić information content (AvgIpc) is 3.37. The van der Waals surface area contributed by atoms with Crippen molar-refractivity contribution in [2.24, 2.45) is 5.92 Å². The number of nitrogens with zero attached hydrogens (tertiary/aromatic N) is 4. The maximum atomic E-state index is 12.9. The minimum atomic E-state index is -0.0490. The lowest BCUT2D eigenvalue weighted by molar-refractivity contribution is -0.120. The van der Waals surface area contributed by atoms with Crippen LogP contribution in [0.15, 0.2) is 54.6 Å². The molecular weight excluding hydrogens is 406 g/mol. The highest BCUT2D eigenvalue weighted by Gasteiger charge is 2.28. The van der Waals surface area contributed by atoms with E-state index in [4.69, 9.17) is 4.98 Å². The van der Waals surface area contributed by atoms with Gasteiger partial charge in [-0.05, 0) is 50.5 Å². The predicted octanol–water partition coefficient (Wildman–Crippen LogP) is 4.95. The standard InChI is InChI=1S/C24H25N5OS/c1-16-9-6-7-13-20(16)25-23(30)18-10-8-14-28(15-18)24-26-22-21(31-24)17(2)27-29(22)19-11-4-3-5-12-19/h3-7,9,11-13,18H,8,10,14-15H2,1-2H3,(H,25,30). The second-order valence-corrected chi connectivity index (χ2v) is 9.05. The smallest absolute Gasteiger partial charge is 0.229 e. The van der Waals surface area contributed by atoms with Crippen LogP contribution >= 0.6 is 11.3 Å². The quantitative estimate of drug-likeness (QED) is 0.496. The zero-order chi connectivity index (χ0) is 21.4. The summed E-state index contributed by atoms with van der Waals surface area (Å²) in [5.41, 5.74) is 4.84. The number of rotatable bonds is 4. The Morgan fingerprint density at radius 3 is 2.68 bits per heavy atom. The highest BCUT2D eigenvalue weighted by Crippen LogP contribution is 2.34. The van der Waals surface area contributed by atoms with E-state index in [0.717, 1.165) is 57.5 Å². The third kappa shape index (κ3) is 3.81. The van der Waals surface area contributed by atoms with Gasteiger partial charge in [0.15, 0.2) is 10.8 Å². The van der Waals surface area contributed by atoms with Gasteiger partial charge in [0.2, 0.25) is 5.91 Å². The number of nitrogens with one attached hydrogen (secondary N) is 1. The number of para-hydroxylation sites is 2. The molecule has 1 saturated heterocycles. The van der Waals surface area contributed by atoms with E-state index in [2.05, 4.69) is 15.3 Å². The molecule has 0 saturated carbocycles. The largest absolute Gasteiger partial charge is 0.347 e. The number of carbonyl (C=O) groups excluding carboxylic acids is 1. The summed E-state index contributed by atoms with van der Waals surface area (Å²) in [6, 6.07) is 18.0. The van der Waals surface area contributed by atoms with Gasteiger partial charge in [-0.2, -0.15) is 10.1 Å². The van der Waals surface area contributed by atoms with Crippen molar-refractivity contribution in [3.63, 3.8) is 0 Å². The molecule has 1 unspecified atom stereocenters. The Kier molecular flexibility index (Phi) is 5.19. The SMILES string of the molecule is Cc1ccccc1NC(=O)C1CCCN(c2nc3c(s2)c(C)nn3-c2ccccc2)C1. The summed E-state index contributed by atoms with van der Waals surface area (Å²) in [5.74, 6) is 0.0406. The van der Waals surface area contributed by atoms with Gasteiger partial charge in [0.25, 0.3) is 0 Å². The molecule has 0 bridgehead atoms. The molecule has 2 aromatic carbocycles. The van der Waals surface area contributed by atoms with E-state index < -0.39 is 0 Å². The number of aromatic nitrogens is 3. The molecular formula is C24H25N5OS. The van der Waals surface area contributed by atoms with Crippen molar-refractivity contribution in [3.8, 4) is 5.69 Å². The lowest BCUT2D eigenvalue weighted by Gasteiger charge is -2.31. The molecule has 0 spiro atoms. The van der Waals surface area contributed by atoms with Crippen LogP contribution in [-0.2, 0) is 4.79 Å². The molecule has 158 valence electrons. The number of hydrogen-bond acceptors (Lipinski definition) is 5. The number of aryl methyl sites for hydroxylation is 2. The molecule has 5 rings (SSSR count). The van der Waals surface area contributed by atoms with Gasteiger partial charge in [0.05, 0.1) is 22.0 Å². The molecule has 6 nitrogen and oxygen atoms in total. The lowest BCUT2D eigenvalue weighted by atomic mass is 9.97. The molecule has 0 aliphatic carbocycles. The van der Waals surface area contributed by atoms with Crippen molar-refractivity contribution in [1.29, 1.82) is 0 Å². The van der Waals surface area contributed by atoms with Gasteiger partial charge in [-0.25, -0.2) is 4.68 Å². The van der Waals surface area contributed by atoms with E-state index in [9.17, 15) is 4.79 Å². The Morgan fingerprint density at radius 1 is 1.10 bits per heavy atom. The van der Waals surface area contributed by atoms with Crippen LogP contribution in [0.3, 0.4) is 0 Å². The van der Waals surface area contributed by atoms with Crippen molar-refractivity contribution in [1.82, 2.24) is 14.8 Å². The van der Waals surface area contributed by atoms with Gasteiger partial charge in [-0.3, -0.25) is 4.79 Å². The predicted molar refractivity (Wildman–Crippen MR) is 126 cm³/mol. The van der Waals surface area contributed by atoms with E-state index in [1.165, 1.54) is 0 Å². The van der Waals surface area contributed by atoms with E-state index >= 15 is 0 Å². The van der Waals surface area contributed by atoms with Crippen LogP contribution in [-0.4, -0.2) is 33.8 Å². The number of benzene rings is 2. The minimum Gasteiger partial charge on any atom is -0.347 e. The Balaban J connectivity index is 1.38. The monoisotopic (exact) mass is 431 g/mol. The van der Waals surface area contributed by atoms with Gasteiger partial charge >= 0.3 is 0 Å². The van der Waals surface area contributed by atoms with Crippen molar-refractivity contribution in [3.05, 3.63) is 65.9 Å². The molecule has 7 heteroatoms. The molecule has 3 heterocycles. The molecule has 1 fully saturated rings. The first kappa shape index (κ1) is 19.8. The maximum absolute atomic E-state index is 12.9. The van der Waals surface area contributed by atoms with Crippen LogP contribution in [0.5, 0.6) is 0 Å². The fourth-order valence-electron chi connectivity index (χ4n) is 4.12. The second kappa shape index (κ2) is 8.15. The average molecular weight is 432 g/mol. The van der Waals surface area contributed by atoms with Gasteiger partial charge < -0.3 is 10.2 Å². The highest BCUT2D eigenvalue weighted by molar-refractivity contribution is 7.22. The normalized spacial score (nSPS) is 16.6. The zero-order valence-corrected chi connectivity index (χ0v) is 18.5. The minimum absolute atomic E-state index is 0.0490. The van der Waals surface area contributed by atoms with Gasteiger partial charge in [-0.1, -0.05) is 47.7 Å². The number of fused-ring (bicyclic) bond motifs is 1. The summed E-state index contributed by atoms with van der Waals surface area (Å²) >= 11 is 1.67. The van der Waals surface area contributed by atoms with Crippen molar-refractivity contribution < 1.29 is 4.79 Å². The first-order valence-corrected chi connectivity index (χ1v) is 11.4. The second-order valence-electron chi connectivity index (χ2n) is 8.07. The lowest BCUT2D eigenvalue weighted by Crippen LogP contribution is -2.40. The molecule has 0 radical (unpaired) electrons. The molecule has 2 aromatic heterocycles. The number of piperidine rings is 1. The van der Waals surface area contributed by atoms with Gasteiger partial charge in [0.1, 0.15) is 0 Å². The Labute approximate surface area is 185 Å².